The second-order valence-corrected chi connectivity index (χ2v) is 5.68. The van der Waals surface area contributed by atoms with E-state index in [-0.39, 0.29) is 36.2 Å². The Morgan fingerprint density at radius 2 is 1.96 bits per heavy atom. The SMILES string of the molecule is Cl.NC1CCC(C(=O)NCCCNC(=O)c2cccc(F)c2)C1. The highest BCUT2D eigenvalue weighted by Crippen LogP contribution is 2.23. The Kier molecular flexibility index (Phi) is 7.98. The Balaban J connectivity index is 0.00000264. The first-order valence-corrected chi connectivity index (χ1v) is 7.63. The Bertz CT molecular complexity index is 542. The van der Waals surface area contributed by atoms with Gasteiger partial charge in [0.25, 0.3) is 5.91 Å². The average Bonchev–Trinajstić information content (AvgIpc) is 2.93. The van der Waals surface area contributed by atoms with Gasteiger partial charge in [-0.25, -0.2) is 4.39 Å². The summed E-state index contributed by atoms with van der Waals surface area (Å²) in [6.07, 6.45) is 3.14. The van der Waals surface area contributed by atoms with E-state index in [1.54, 1.807) is 6.07 Å². The lowest BCUT2D eigenvalue weighted by Crippen LogP contribution is -2.33. The number of nitrogens with one attached hydrogen (secondary N) is 2. The molecule has 1 aliphatic carbocycles. The molecule has 2 unspecified atom stereocenters. The number of amides is 2. The molecule has 7 heteroatoms. The lowest BCUT2D eigenvalue weighted by molar-refractivity contribution is -0.124. The zero-order valence-corrected chi connectivity index (χ0v) is 13.7. The Morgan fingerprint density at radius 3 is 2.61 bits per heavy atom. The van der Waals surface area contributed by atoms with Crippen LogP contribution in [0.25, 0.3) is 0 Å². The highest BCUT2D eigenvalue weighted by molar-refractivity contribution is 5.94. The minimum Gasteiger partial charge on any atom is -0.356 e. The monoisotopic (exact) mass is 343 g/mol. The topological polar surface area (TPSA) is 84.2 Å². The van der Waals surface area contributed by atoms with Gasteiger partial charge in [0.1, 0.15) is 5.82 Å². The molecule has 0 aromatic heterocycles. The van der Waals surface area contributed by atoms with Gasteiger partial charge in [-0.1, -0.05) is 6.07 Å². The second kappa shape index (κ2) is 9.47. The lowest BCUT2D eigenvalue weighted by Gasteiger charge is -2.11. The van der Waals surface area contributed by atoms with E-state index in [1.165, 1.54) is 18.2 Å². The molecule has 0 radical (unpaired) electrons. The Morgan fingerprint density at radius 1 is 1.22 bits per heavy atom. The maximum absolute atomic E-state index is 13.0. The van der Waals surface area contributed by atoms with E-state index < -0.39 is 5.82 Å². The van der Waals surface area contributed by atoms with Crippen LogP contribution in [0, 0.1) is 11.7 Å². The average molecular weight is 344 g/mol. The summed E-state index contributed by atoms with van der Waals surface area (Å²) in [5, 5.41) is 5.56. The van der Waals surface area contributed by atoms with Crippen molar-refractivity contribution in [1.82, 2.24) is 10.6 Å². The van der Waals surface area contributed by atoms with Crippen LogP contribution in [-0.4, -0.2) is 30.9 Å². The van der Waals surface area contributed by atoms with Gasteiger partial charge < -0.3 is 16.4 Å². The standard InChI is InChI=1S/C16H22FN3O2.ClH/c17-13-4-1-3-11(9-13)15(21)19-7-2-8-20-16(22)12-5-6-14(18)10-12;/h1,3-4,9,12,14H,2,5-8,10,18H2,(H,19,21)(H,20,22);1H. The number of carbonyl (C=O) groups excluding carboxylic acids is 2. The molecule has 1 aromatic rings. The van der Waals surface area contributed by atoms with Gasteiger partial charge >= 0.3 is 0 Å². The minimum absolute atomic E-state index is 0. The van der Waals surface area contributed by atoms with Crippen LogP contribution in [0.2, 0.25) is 0 Å². The number of benzene rings is 1. The minimum atomic E-state index is -0.435. The van der Waals surface area contributed by atoms with Crippen molar-refractivity contribution in [3.63, 3.8) is 0 Å². The smallest absolute Gasteiger partial charge is 0.251 e. The second-order valence-electron chi connectivity index (χ2n) is 5.68. The van der Waals surface area contributed by atoms with E-state index in [2.05, 4.69) is 10.6 Å². The predicted molar refractivity (Wildman–Crippen MR) is 88.9 cm³/mol. The van der Waals surface area contributed by atoms with Crippen LogP contribution in [0.4, 0.5) is 4.39 Å². The Labute approximate surface area is 141 Å². The molecule has 2 rings (SSSR count). The molecule has 1 aromatic carbocycles. The van der Waals surface area contributed by atoms with E-state index in [4.69, 9.17) is 5.73 Å². The van der Waals surface area contributed by atoms with Crippen LogP contribution in [0.3, 0.4) is 0 Å². The normalized spacial score (nSPS) is 19.7. The fourth-order valence-electron chi connectivity index (χ4n) is 2.63. The molecule has 2 amide bonds. The van der Waals surface area contributed by atoms with Crippen molar-refractivity contribution in [1.29, 1.82) is 0 Å². The summed E-state index contributed by atoms with van der Waals surface area (Å²) in [5.74, 6) is -0.677. The van der Waals surface area contributed by atoms with Gasteiger partial charge in [0.05, 0.1) is 0 Å². The number of hydrogen-bond donors (Lipinski definition) is 3. The van der Waals surface area contributed by atoms with Crippen molar-refractivity contribution in [3.8, 4) is 0 Å². The molecule has 0 saturated heterocycles. The number of carbonyl (C=O) groups is 2. The summed E-state index contributed by atoms with van der Waals surface area (Å²) >= 11 is 0. The predicted octanol–water partition coefficient (Wildman–Crippen LogP) is 1.61. The fraction of sp³-hybridized carbons (Fsp3) is 0.500. The number of rotatable bonds is 6. The third-order valence-electron chi connectivity index (χ3n) is 3.87. The van der Waals surface area contributed by atoms with Crippen molar-refractivity contribution in [2.24, 2.45) is 11.7 Å². The number of hydrogen-bond acceptors (Lipinski definition) is 3. The van der Waals surface area contributed by atoms with Crippen LogP contribution in [-0.2, 0) is 4.79 Å². The highest BCUT2D eigenvalue weighted by atomic mass is 35.5. The van der Waals surface area contributed by atoms with Crippen molar-refractivity contribution in [2.45, 2.75) is 31.7 Å². The van der Waals surface area contributed by atoms with Crippen LogP contribution < -0.4 is 16.4 Å². The molecule has 0 spiro atoms. The zero-order chi connectivity index (χ0) is 15.9. The third-order valence-corrected chi connectivity index (χ3v) is 3.87. The maximum Gasteiger partial charge on any atom is 0.251 e. The summed E-state index contributed by atoms with van der Waals surface area (Å²) in [5.41, 5.74) is 6.08. The van der Waals surface area contributed by atoms with E-state index in [9.17, 15) is 14.0 Å². The molecule has 1 aliphatic rings. The highest BCUT2D eigenvalue weighted by Gasteiger charge is 2.27. The third kappa shape index (κ3) is 6.15. The van der Waals surface area contributed by atoms with E-state index in [0.29, 0.717) is 25.1 Å². The van der Waals surface area contributed by atoms with Gasteiger partial charge in [0, 0.05) is 30.6 Å². The first-order chi connectivity index (χ1) is 10.6. The van der Waals surface area contributed by atoms with Gasteiger partial charge in [0.2, 0.25) is 5.91 Å². The summed E-state index contributed by atoms with van der Waals surface area (Å²) in [6, 6.07) is 5.68. The van der Waals surface area contributed by atoms with Gasteiger partial charge in [-0.15, -0.1) is 12.4 Å². The van der Waals surface area contributed by atoms with Gasteiger partial charge in [-0.2, -0.15) is 0 Å². The van der Waals surface area contributed by atoms with E-state index >= 15 is 0 Å². The molecule has 23 heavy (non-hydrogen) atoms. The van der Waals surface area contributed by atoms with Crippen molar-refractivity contribution < 1.29 is 14.0 Å². The van der Waals surface area contributed by atoms with Crippen LogP contribution in [0.5, 0.6) is 0 Å². The van der Waals surface area contributed by atoms with Crippen LogP contribution in [0.15, 0.2) is 24.3 Å². The molecule has 0 bridgehead atoms. The summed E-state index contributed by atoms with van der Waals surface area (Å²) in [4.78, 5) is 23.6. The molecule has 2 atom stereocenters. The van der Waals surface area contributed by atoms with Crippen molar-refractivity contribution in [3.05, 3.63) is 35.6 Å². The lowest BCUT2D eigenvalue weighted by atomic mass is 10.1. The van der Waals surface area contributed by atoms with Gasteiger partial charge in [-0.05, 0) is 43.9 Å². The molecular weight excluding hydrogens is 321 g/mol. The zero-order valence-electron chi connectivity index (χ0n) is 12.9. The Hall–Kier alpha value is -1.66. The quantitative estimate of drug-likeness (QED) is 0.686. The summed E-state index contributed by atoms with van der Waals surface area (Å²) in [6.45, 7) is 0.938. The van der Waals surface area contributed by atoms with Gasteiger partial charge in [-0.3, -0.25) is 9.59 Å². The largest absolute Gasteiger partial charge is 0.356 e. The first kappa shape index (κ1) is 19.4. The molecule has 4 N–H and O–H groups in total. The number of halogens is 2. The molecule has 5 nitrogen and oxygen atoms in total. The van der Waals surface area contributed by atoms with Gasteiger partial charge in [0.15, 0.2) is 0 Å². The van der Waals surface area contributed by atoms with E-state index in [0.717, 1.165) is 19.3 Å². The summed E-state index contributed by atoms with van der Waals surface area (Å²) < 4.78 is 13.0. The molecule has 128 valence electrons. The molecule has 1 fully saturated rings. The molecular formula is C16H23ClFN3O2. The molecule has 0 aliphatic heterocycles. The number of nitrogens with two attached hydrogens (primary N) is 1. The maximum atomic E-state index is 13.0. The van der Waals surface area contributed by atoms with E-state index in [1.807, 2.05) is 0 Å². The molecule has 0 heterocycles. The van der Waals surface area contributed by atoms with Crippen molar-refractivity contribution in [2.75, 3.05) is 13.1 Å². The van der Waals surface area contributed by atoms with Crippen LogP contribution >= 0.6 is 12.4 Å². The fourth-order valence-corrected chi connectivity index (χ4v) is 2.63. The summed E-state index contributed by atoms with van der Waals surface area (Å²) in [7, 11) is 0. The first-order valence-electron chi connectivity index (χ1n) is 7.63. The van der Waals surface area contributed by atoms with Crippen LogP contribution in [0.1, 0.15) is 36.0 Å². The van der Waals surface area contributed by atoms with Crippen molar-refractivity contribution >= 4 is 24.2 Å². The molecule has 1 saturated carbocycles.